The van der Waals surface area contributed by atoms with Crippen molar-refractivity contribution in [1.29, 1.82) is 5.26 Å². The van der Waals surface area contributed by atoms with E-state index >= 15 is 0 Å². The van der Waals surface area contributed by atoms with Crippen LogP contribution in [0.4, 0.5) is 5.69 Å². The van der Waals surface area contributed by atoms with Crippen molar-refractivity contribution in [1.82, 2.24) is 4.98 Å². The summed E-state index contributed by atoms with van der Waals surface area (Å²) in [5.41, 5.74) is 0.718. The van der Waals surface area contributed by atoms with E-state index in [9.17, 15) is 4.79 Å². The molecule has 1 aromatic heterocycles. The summed E-state index contributed by atoms with van der Waals surface area (Å²) < 4.78 is 5.70. The number of fused-ring (bicyclic) bond motifs is 1. The number of nitrogens with zero attached hydrogens (tertiary/aromatic N) is 2. The SMILES string of the molecule is CC(C)(C#N)C(=O)Nc1ccc2oc(C(C)(C)C)nc2c1. The van der Waals surface area contributed by atoms with Gasteiger partial charge >= 0.3 is 0 Å². The van der Waals surface area contributed by atoms with E-state index in [1.54, 1.807) is 32.0 Å². The molecular weight excluding hydrogens is 266 g/mol. The normalized spacial score (nSPS) is 12.2. The van der Waals surface area contributed by atoms with Crippen LogP contribution < -0.4 is 5.32 Å². The largest absolute Gasteiger partial charge is 0.440 e. The fraction of sp³-hybridized carbons (Fsp3) is 0.438. The lowest BCUT2D eigenvalue weighted by Gasteiger charge is -2.14. The quantitative estimate of drug-likeness (QED) is 0.914. The van der Waals surface area contributed by atoms with Gasteiger partial charge in [-0.25, -0.2) is 4.98 Å². The molecule has 1 aromatic carbocycles. The van der Waals surface area contributed by atoms with Crippen LogP contribution in [-0.2, 0) is 10.2 Å². The lowest BCUT2D eigenvalue weighted by Crippen LogP contribution is -2.29. The Morgan fingerprint density at radius 2 is 1.95 bits per heavy atom. The first-order valence-corrected chi connectivity index (χ1v) is 6.77. The molecule has 0 radical (unpaired) electrons. The van der Waals surface area contributed by atoms with Gasteiger partial charge in [0.15, 0.2) is 5.58 Å². The Kier molecular flexibility index (Phi) is 3.50. The van der Waals surface area contributed by atoms with Gasteiger partial charge in [0.05, 0.1) is 6.07 Å². The minimum Gasteiger partial charge on any atom is -0.440 e. The van der Waals surface area contributed by atoms with E-state index in [1.807, 2.05) is 26.8 Å². The Morgan fingerprint density at radius 3 is 2.52 bits per heavy atom. The number of rotatable bonds is 2. The molecule has 2 rings (SSSR count). The lowest BCUT2D eigenvalue weighted by molar-refractivity contribution is -0.121. The molecule has 0 fully saturated rings. The van der Waals surface area contributed by atoms with Crippen LogP contribution in [-0.4, -0.2) is 10.9 Å². The van der Waals surface area contributed by atoms with Gasteiger partial charge in [0.1, 0.15) is 10.9 Å². The van der Waals surface area contributed by atoms with Crippen LogP contribution in [0.25, 0.3) is 11.1 Å². The van der Waals surface area contributed by atoms with Crippen LogP contribution in [0.15, 0.2) is 22.6 Å². The number of benzene rings is 1. The molecule has 1 N–H and O–H groups in total. The van der Waals surface area contributed by atoms with Gasteiger partial charge in [0.2, 0.25) is 11.8 Å². The highest BCUT2D eigenvalue weighted by molar-refractivity contribution is 5.97. The zero-order chi connectivity index (χ0) is 15.8. The third kappa shape index (κ3) is 3.05. The molecule has 1 heterocycles. The molecule has 0 unspecified atom stereocenters. The van der Waals surface area contributed by atoms with Crippen molar-refractivity contribution < 1.29 is 9.21 Å². The maximum atomic E-state index is 12.0. The van der Waals surface area contributed by atoms with Crippen LogP contribution in [0.2, 0.25) is 0 Å². The zero-order valence-corrected chi connectivity index (χ0v) is 12.9. The number of carbonyl (C=O) groups excluding carboxylic acids is 1. The average Bonchev–Trinajstić information content (AvgIpc) is 2.81. The van der Waals surface area contributed by atoms with Crippen molar-refractivity contribution in [2.45, 2.75) is 40.0 Å². The van der Waals surface area contributed by atoms with Gasteiger partial charge in [-0.15, -0.1) is 0 Å². The van der Waals surface area contributed by atoms with E-state index in [-0.39, 0.29) is 11.3 Å². The monoisotopic (exact) mass is 285 g/mol. The van der Waals surface area contributed by atoms with Crippen LogP contribution >= 0.6 is 0 Å². The van der Waals surface area contributed by atoms with Crippen LogP contribution in [0.3, 0.4) is 0 Å². The van der Waals surface area contributed by atoms with Crippen LogP contribution in [0, 0.1) is 16.7 Å². The second kappa shape index (κ2) is 4.88. The molecule has 0 aliphatic carbocycles. The number of anilines is 1. The number of amides is 1. The van der Waals surface area contributed by atoms with Gasteiger partial charge in [-0.2, -0.15) is 5.26 Å². The van der Waals surface area contributed by atoms with Crippen LogP contribution in [0.5, 0.6) is 0 Å². The predicted octanol–water partition coefficient (Wildman–Crippen LogP) is 3.61. The molecule has 0 spiro atoms. The Bertz CT molecular complexity index is 730. The van der Waals surface area contributed by atoms with Crippen LogP contribution in [0.1, 0.15) is 40.5 Å². The maximum absolute atomic E-state index is 12.0. The third-order valence-electron chi connectivity index (χ3n) is 3.13. The molecule has 5 nitrogen and oxygen atoms in total. The Labute approximate surface area is 124 Å². The van der Waals surface area contributed by atoms with Gasteiger partial charge in [0, 0.05) is 11.1 Å². The Morgan fingerprint density at radius 1 is 1.29 bits per heavy atom. The standard InChI is InChI=1S/C16H19N3O2/c1-15(2,3)14-19-11-8-10(6-7-12(11)21-14)18-13(20)16(4,5)9-17/h6-8H,1-5H3,(H,18,20). The predicted molar refractivity (Wildman–Crippen MR) is 80.7 cm³/mol. The molecule has 2 aromatic rings. The first kappa shape index (κ1) is 15.0. The molecule has 0 aliphatic rings. The molecule has 0 aliphatic heterocycles. The summed E-state index contributed by atoms with van der Waals surface area (Å²) in [4.78, 5) is 16.4. The van der Waals surface area contributed by atoms with Gasteiger partial charge in [0.25, 0.3) is 0 Å². The number of hydrogen-bond acceptors (Lipinski definition) is 4. The van der Waals surface area contributed by atoms with E-state index in [0.717, 1.165) is 0 Å². The Balaban J connectivity index is 2.32. The number of aromatic nitrogens is 1. The highest BCUT2D eigenvalue weighted by Crippen LogP contribution is 2.27. The molecule has 0 bridgehead atoms. The second-order valence-corrected chi connectivity index (χ2v) is 6.64. The molecular formula is C16H19N3O2. The number of oxazole rings is 1. The van der Waals surface area contributed by atoms with Crippen molar-refractivity contribution in [3.63, 3.8) is 0 Å². The van der Waals surface area contributed by atoms with Crippen molar-refractivity contribution >= 4 is 22.7 Å². The van der Waals surface area contributed by atoms with Gasteiger partial charge in [-0.1, -0.05) is 20.8 Å². The molecule has 21 heavy (non-hydrogen) atoms. The van der Waals surface area contributed by atoms with Crippen molar-refractivity contribution in [2.75, 3.05) is 5.32 Å². The van der Waals surface area contributed by atoms with Crippen molar-refractivity contribution in [2.24, 2.45) is 5.41 Å². The summed E-state index contributed by atoms with van der Waals surface area (Å²) >= 11 is 0. The van der Waals surface area contributed by atoms with E-state index in [1.165, 1.54) is 0 Å². The summed E-state index contributed by atoms with van der Waals surface area (Å²) in [5, 5.41) is 11.7. The third-order valence-corrected chi connectivity index (χ3v) is 3.13. The fourth-order valence-corrected chi connectivity index (χ4v) is 1.66. The molecule has 0 atom stereocenters. The molecule has 5 heteroatoms. The molecule has 0 saturated heterocycles. The highest BCUT2D eigenvalue weighted by Gasteiger charge is 2.27. The van der Waals surface area contributed by atoms with E-state index in [2.05, 4.69) is 10.3 Å². The fourth-order valence-electron chi connectivity index (χ4n) is 1.66. The average molecular weight is 285 g/mol. The molecule has 110 valence electrons. The number of nitrogens with one attached hydrogen (secondary N) is 1. The summed E-state index contributed by atoms with van der Waals surface area (Å²) in [6.45, 7) is 9.23. The van der Waals surface area contributed by atoms with Gasteiger partial charge in [-0.05, 0) is 32.0 Å². The number of hydrogen-bond donors (Lipinski definition) is 1. The highest BCUT2D eigenvalue weighted by atomic mass is 16.3. The zero-order valence-electron chi connectivity index (χ0n) is 12.9. The molecule has 0 saturated carbocycles. The lowest BCUT2D eigenvalue weighted by atomic mass is 9.94. The van der Waals surface area contributed by atoms with Crippen molar-refractivity contribution in [3.05, 3.63) is 24.1 Å². The Hall–Kier alpha value is -2.35. The summed E-state index contributed by atoms with van der Waals surface area (Å²) in [7, 11) is 0. The first-order chi connectivity index (χ1) is 9.63. The topological polar surface area (TPSA) is 78.9 Å². The van der Waals surface area contributed by atoms with Crippen molar-refractivity contribution in [3.8, 4) is 6.07 Å². The van der Waals surface area contributed by atoms with Gasteiger partial charge < -0.3 is 9.73 Å². The van der Waals surface area contributed by atoms with E-state index in [0.29, 0.717) is 22.7 Å². The maximum Gasteiger partial charge on any atom is 0.244 e. The number of nitriles is 1. The van der Waals surface area contributed by atoms with Gasteiger partial charge in [-0.3, -0.25) is 4.79 Å². The smallest absolute Gasteiger partial charge is 0.244 e. The minimum atomic E-state index is -1.07. The summed E-state index contributed by atoms with van der Waals surface area (Å²) in [6, 6.07) is 7.24. The van der Waals surface area contributed by atoms with E-state index in [4.69, 9.17) is 9.68 Å². The summed E-state index contributed by atoms with van der Waals surface area (Å²) in [6.07, 6.45) is 0. The first-order valence-electron chi connectivity index (χ1n) is 6.77. The summed E-state index contributed by atoms with van der Waals surface area (Å²) in [5.74, 6) is 0.308. The van der Waals surface area contributed by atoms with E-state index < -0.39 is 5.41 Å². The minimum absolute atomic E-state index is 0.175. The molecule has 1 amide bonds. The number of carbonyl (C=O) groups is 1. The second-order valence-electron chi connectivity index (χ2n) is 6.64.